The van der Waals surface area contributed by atoms with Gasteiger partial charge in [0.15, 0.2) is 0 Å². The highest BCUT2D eigenvalue weighted by Gasteiger charge is 2.14. The fourth-order valence-electron chi connectivity index (χ4n) is 2.21. The van der Waals surface area contributed by atoms with Crippen LogP contribution in [0.5, 0.6) is 0 Å². The molecule has 4 nitrogen and oxygen atoms in total. The number of carboxylic acids is 1. The molecule has 2 rings (SSSR count). The van der Waals surface area contributed by atoms with Gasteiger partial charge in [-0.1, -0.05) is 60.7 Å². The molecule has 0 saturated carbocycles. The van der Waals surface area contributed by atoms with Crippen molar-refractivity contribution in [2.24, 2.45) is 0 Å². The zero-order valence-corrected chi connectivity index (χ0v) is 12.3. The molecule has 22 heavy (non-hydrogen) atoms. The summed E-state index contributed by atoms with van der Waals surface area (Å²) in [6, 6.07) is 19.3. The molecule has 0 fully saturated rings. The maximum Gasteiger partial charge on any atom is 0.223 e. The normalized spacial score (nSPS) is 10.2. The van der Waals surface area contributed by atoms with Gasteiger partial charge in [-0.2, -0.15) is 0 Å². The van der Waals surface area contributed by atoms with Crippen molar-refractivity contribution < 1.29 is 14.7 Å². The van der Waals surface area contributed by atoms with Gasteiger partial charge in [0.05, 0.1) is 0 Å². The minimum absolute atomic E-state index is 0.0397. The number of rotatable bonds is 7. The number of nitrogens with zero attached hydrogens (tertiary/aromatic N) is 1. The summed E-state index contributed by atoms with van der Waals surface area (Å²) < 4.78 is 0. The van der Waals surface area contributed by atoms with Crippen molar-refractivity contribution in [2.45, 2.75) is 25.9 Å². The van der Waals surface area contributed by atoms with Crippen LogP contribution in [-0.2, 0) is 22.7 Å². The van der Waals surface area contributed by atoms with Gasteiger partial charge in [0, 0.05) is 25.5 Å². The third-order valence-corrected chi connectivity index (χ3v) is 3.33. The number of hydrogen-bond donors (Lipinski definition) is 0. The Hall–Kier alpha value is -2.62. The lowest BCUT2D eigenvalue weighted by Gasteiger charge is -2.23. The molecular formula is C18H18NO3-. The third-order valence-electron chi connectivity index (χ3n) is 3.33. The number of aliphatic carboxylic acids is 1. The van der Waals surface area contributed by atoms with Crippen LogP contribution in [0.2, 0.25) is 0 Å². The van der Waals surface area contributed by atoms with E-state index in [9.17, 15) is 14.7 Å². The Bertz CT molecular complexity index is 569. The zero-order chi connectivity index (χ0) is 15.8. The molecule has 0 spiro atoms. The lowest BCUT2D eigenvalue weighted by molar-refractivity contribution is -0.305. The molecule has 0 atom stereocenters. The number of carbonyl (C=O) groups excluding carboxylic acids is 2. The highest BCUT2D eigenvalue weighted by molar-refractivity contribution is 5.80. The molecule has 0 N–H and O–H groups in total. The number of carboxylic acid groups (broad SMARTS) is 1. The van der Waals surface area contributed by atoms with Gasteiger partial charge in [0.25, 0.3) is 0 Å². The Morgan fingerprint density at radius 2 is 1.23 bits per heavy atom. The molecule has 0 bridgehead atoms. The first kappa shape index (κ1) is 15.8. The van der Waals surface area contributed by atoms with Crippen molar-refractivity contribution in [2.75, 3.05) is 0 Å². The Morgan fingerprint density at radius 3 is 1.64 bits per heavy atom. The Morgan fingerprint density at radius 1 is 0.773 bits per heavy atom. The Labute approximate surface area is 130 Å². The van der Waals surface area contributed by atoms with Crippen LogP contribution < -0.4 is 5.11 Å². The van der Waals surface area contributed by atoms with Gasteiger partial charge in [-0.05, 0) is 17.5 Å². The van der Waals surface area contributed by atoms with Crippen molar-refractivity contribution >= 4 is 11.9 Å². The van der Waals surface area contributed by atoms with Gasteiger partial charge in [-0.25, -0.2) is 0 Å². The molecule has 0 radical (unpaired) electrons. The van der Waals surface area contributed by atoms with E-state index in [2.05, 4.69) is 0 Å². The largest absolute Gasteiger partial charge is 0.550 e. The summed E-state index contributed by atoms with van der Waals surface area (Å²) >= 11 is 0. The van der Waals surface area contributed by atoms with Gasteiger partial charge in [-0.15, -0.1) is 0 Å². The van der Waals surface area contributed by atoms with Crippen LogP contribution in [0.15, 0.2) is 60.7 Å². The SMILES string of the molecule is O=C([O-])CCC(=O)N(Cc1ccccc1)Cc1ccccc1. The van der Waals surface area contributed by atoms with Crippen LogP contribution in [-0.4, -0.2) is 16.8 Å². The van der Waals surface area contributed by atoms with Crippen LogP contribution in [0.4, 0.5) is 0 Å². The second-order valence-electron chi connectivity index (χ2n) is 5.09. The summed E-state index contributed by atoms with van der Waals surface area (Å²) in [6.45, 7) is 0.920. The average molecular weight is 296 g/mol. The molecule has 2 aromatic carbocycles. The van der Waals surface area contributed by atoms with Crippen LogP contribution in [0.1, 0.15) is 24.0 Å². The number of carbonyl (C=O) groups is 2. The summed E-state index contributed by atoms with van der Waals surface area (Å²) in [5, 5.41) is 10.6. The average Bonchev–Trinajstić information content (AvgIpc) is 2.54. The maximum absolute atomic E-state index is 12.3. The molecule has 0 aliphatic carbocycles. The molecule has 0 aliphatic heterocycles. The van der Waals surface area contributed by atoms with E-state index in [1.54, 1.807) is 4.90 Å². The fraction of sp³-hybridized carbons (Fsp3) is 0.222. The fourth-order valence-corrected chi connectivity index (χ4v) is 2.21. The molecular weight excluding hydrogens is 278 g/mol. The van der Waals surface area contributed by atoms with E-state index in [-0.39, 0.29) is 18.7 Å². The van der Waals surface area contributed by atoms with E-state index in [4.69, 9.17) is 0 Å². The quantitative estimate of drug-likeness (QED) is 0.782. The predicted molar refractivity (Wildman–Crippen MR) is 81.4 cm³/mol. The summed E-state index contributed by atoms with van der Waals surface area (Å²) in [5.41, 5.74) is 2.03. The van der Waals surface area contributed by atoms with Crippen molar-refractivity contribution in [3.63, 3.8) is 0 Å². The minimum atomic E-state index is -1.20. The molecule has 0 heterocycles. The van der Waals surface area contributed by atoms with E-state index in [0.717, 1.165) is 11.1 Å². The monoisotopic (exact) mass is 296 g/mol. The second-order valence-corrected chi connectivity index (χ2v) is 5.09. The Kier molecular flexibility index (Phi) is 5.72. The first-order valence-electron chi connectivity index (χ1n) is 7.20. The smallest absolute Gasteiger partial charge is 0.223 e. The van der Waals surface area contributed by atoms with E-state index in [1.807, 2.05) is 60.7 Å². The zero-order valence-electron chi connectivity index (χ0n) is 12.3. The lowest BCUT2D eigenvalue weighted by atomic mass is 10.1. The lowest BCUT2D eigenvalue weighted by Crippen LogP contribution is -2.32. The highest BCUT2D eigenvalue weighted by Crippen LogP contribution is 2.12. The predicted octanol–water partition coefficient (Wildman–Crippen LogP) is 1.75. The first-order valence-corrected chi connectivity index (χ1v) is 7.20. The van der Waals surface area contributed by atoms with Crippen LogP contribution in [0.3, 0.4) is 0 Å². The summed E-state index contributed by atoms with van der Waals surface area (Å²) in [5.74, 6) is -1.38. The van der Waals surface area contributed by atoms with Crippen molar-refractivity contribution in [3.05, 3.63) is 71.8 Å². The first-order chi connectivity index (χ1) is 10.6. The van der Waals surface area contributed by atoms with Crippen LogP contribution in [0.25, 0.3) is 0 Å². The summed E-state index contributed by atoms with van der Waals surface area (Å²) in [6.07, 6.45) is -0.291. The molecule has 2 aromatic rings. The molecule has 0 aliphatic rings. The molecule has 1 amide bonds. The van der Waals surface area contributed by atoms with Gasteiger partial charge < -0.3 is 14.8 Å². The molecule has 114 valence electrons. The second kappa shape index (κ2) is 7.98. The standard InChI is InChI=1S/C18H19NO3/c20-17(11-12-18(21)22)19(13-15-7-3-1-4-8-15)14-16-9-5-2-6-10-16/h1-10H,11-14H2,(H,21,22)/p-1. The van der Waals surface area contributed by atoms with Gasteiger partial charge >= 0.3 is 0 Å². The van der Waals surface area contributed by atoms with Crippen molar-refractivity contribution in [1.29, 1.82) is 0 Å². The van der Waals surface area contributed by atoms with E-state index >= 15 is 0 Å². The van der Waals surface area contributed by atoms with Gasteiger partial charge in [0.2, 0.25) is 5.91 Å². The van der Waals surface area contributed by atoms with Gasteiger partial charge in [0.1, 0.15) is 0 Å². The summed E-state index contributed by atoms with van der Waals surface area (Å²) in [4.78, 5) is 24.5. The van der Waals surface area contributed by atoms with E-state index in [1.165, 1.54) is 0 Å². The molecule has 4 heteroatoms. The van der Waals surface area contributed by atoms with Crippen LogP contribution in [0, 0.1) is 0 Å². The number of benzene rings is 2. The molecule has 0 unspecified atom stereocenters. The number of amides is 1. The minimum Gasteiger partial charge on any atom is -0.550 e. The van der Waals surface area contributed by atoms with Crippen LogP contribution >= 0.6 is 0 Å². The molecule has 0 aromatic heterocycles. The number of hydrogen-bond acceptors (Lipinski definition) is 3. The Balaban J connectivity index is 2.09. The topological polar surface area (TPSA) is 60.4 Å². The third kappa shape index (κ3) is 5.05. The van der Waals surface area contributed by atoms with E-state index < -0.39 is 5.97 Å². The van der Waals surface area contributed by atoms with E-state index in [0.29, 0.717) is 13.1 Å². The van der Waals surface area contributed by atoms with Crippen molar-refractivity contribution in [3.8, 4) is 0 Å². The molecule has 0 saturated heterocycles. The summed E-state index contributed by atoms with van der Waals surface area (Å²) in [7, 11) is 0. The van der Waals surface area contributed by atoms with Crippen molar-refractivity contribution in [1.82, 2.24) is 4.90 Å². The van der Waals surface area contributed by atoms with Gasteiger partial charge in [-0.3, -0.25) is 4.79 Å². The highest BCUT2D eigenvalue weighted by atomic mass is 16.4. The maximum atomic E-state index is 12.3.